The van der Waals surface area contributed by atoms with Gasteiger partial charge in [0, 0.05) is 31.7 Å². The Morgan fingerprint density at radius 3 is 2.53 bits per heavy atom. The van der Waals surface area contributed by atoms with Gasteiger partial charge in [-0.15, -0.1) is 0 Å². The van der Waals surface area contributed by atoms with Gasteiger partial charge in [-0.25, -0.2) is 0 Å². The predicted octanol–water partition coefficient (Wildman–Crippen LogP) is 2.18. The third kappa shape index (κ3) is 4.73. The van der Waals surface area contributed by atoms with Gasteiger partial charge in [-0.1, -0.05) is 32.6 Å². The van der Waals surface area contributed by atoms with E-state index in [0.29, 0.717) is 0 Å². The van der Waals surface area contributed by atoms with Gasteiger partial charge >= 0.3 is 0 Å². The minimum atomic E-state index is 0.729. The number of nitrogens with zero attached hydrogens (tertiary/aromatic N) is 2. The van der Waals surface area contributed by atoms with E-state index in [0.717, 1.165) is 24.5 Å². The summed E-state index contributed by atoms with van der Waals surface area (Å²) in [4.78, 5) is 5.06. The lowest BCUT2D eigenvalue weighted by molar-refractivity contribution is 0.0985. The van der Waals surface area contributed by atoms with Crippen LogP contribution in [0.15, 0.2) is 0 Å². The maximum atomic E-state index is 3.75. The van der Waals surface area contributed by atoms with E-state index in [4.69, 9.17) is 0 Å². The van der Waals surface area contributed by atoms with E-state index in [1.165, 1.54) is 58.2 Å². The second kappa shape index (κ2) is 7.61. The van der Waals surface area contributed by atoms with Crippen molar-refractivity contribution < 1.29 is 0 Å². The van der Waals surface area contributed by atoms with Crippen LogP contribution in [0.4, 0.5) is 0 Å². The van der Waals surface area contributed by atoms with Crippen molar-refractivity contribution in [3.8, 4) is 0 Å². The molecule has 1 aliphatic carbocycles. The van der Waals surface area contributed by atoms with Crippen molar-refractivity contribution in [1.29, 1.82) is 0 Å². The highest BCUT2D eigenvalue weighted by Gasteiger charge is 2.27. The molecule has 0 amide bonds. The Balaban J connectivity index is 1.83. The second-order valence-electron chi connectivity index (χ2n) is 6.77. The van der Waals surface area contributed by atoms with Crippen LogP contribution in [-0.2, 0) is 0 Å². The molecule has 0 bridgehead atoms. The van der Waals surface area contributed by atoms with E-state index in [1.54, 1.807) is 0 Å². The van der Waals surface area contributed by atoms with Gasteiger partial charge in [0.15, 0.2) is 0 Å². The zero-order valence-electron chi connectivity index (χ0n) is 13.2. The molecule has 0 aromatic rings. The largest absolute Gasteiger partial charge is 0.314 e. The first-order valence-electron chi connectivity index (χ1n) is 8.31. The van der Waals surface area contributed by atoms with Crippen molar-refractivity contribution in [2.24, 2.45) is 5.92 Å². The number of hydrogen-bond donors (Lipinski definition) is 1. The van der Waals surface area contributed by atoms with Crippen molar-refractivity contribution in [3.63, 3.8) is 0 Å². The molecule has 1 N–H and O–H groups in total. The van der Waals surface area contributed by atoms with Crippen molar-refractivity contribution in [2.45, 2.75) is 57.5 Å². The molecule has 2 rings (SSSR count). The lowest BCUT2D eigenvalue weighted by Crippen LogP contribution is -2.52. The first-order valence-corrected chi connectivity index (χ1v) is 8.31. The summed E-state index contributed by atoms with van der Waals surface area (Å²) in [7, 11) is 4.56. The van der Waals surface area contributed by atoms with E-state index in [1.807, 2.05) is 0 Å². The van der Waals surface area contributed by atoms with Crippen LogP contribution < -0.4 is 5.32 Å². The molecule has 3 nitrogen and oxygen atoms in total. The van der Waals surface area contributed by atoms with Gasteiger partial charge in [-0.3, -0.25) is 0 Å². The first kappa shape index (κ1) is 15.3. The van der Waals surface area contributed by atoms with Crippen molar-refractivity contribution in [2.75, 3.05) is 40.3 Å². The fourth-order valence-electron chi connectivity index (χ4n) is 3.88. The van der Waals surface area contributed by atoms with E-state index < -0.39 is 0 Å². The van der Waals surface area contributed by atoms with Crippen molar-refractivity contribution in [1.82, 2.24) is 15.1 Å². The molecule has 2 unspecified atom stereocenters. The molecule has 0 radical (unpaired) electrons. The first-order chi connectivity index (χ1) is 9.19. The Labute approximate surface area is 119 Å². The van der Waals surface area contributed by atoms with Crippen LogP contribution in [0, 0.1) is 5.92 Å². The van der Waals surface area contributed by atoms with E-state index in [2.05, 4.69) is 36.1 Å². The van der Waals surface area contributed by atoms with Gasteiger partial charge in [-0.05, 0) is 39.4 Å². The minimum absolute atomic E-state index is 0.729. The molecule has 2 aliphatic rings. The van der Waals surface area contributed by atoms with Gasteiger partial charge in [0.05, 0.1) is 0 Å². The fourth-order valence-corrected chi connectivity index (χ4v) is 3.88. The highest BCUT2D eigenvalue weighted by atomic mass is 15.3. The van der Waals surface area contributed by atoms with Crippen molar-refractivity contribution in [3.05, 3.63) is 0 Å². The molecule has 2 fully saturated rings. The van der Waals surface area contributed by atoms with Crippen LogP contribution in [-0.4, -0.2) is 62.2 Å². The van der Waals surface area contributed by atoms with Crippen LogP contribution >= 0.6 is 0 Å². The molecule has 112 valence electrons. The zero-order valence-corrected chi connectivity index (χ0v) is 13.2. The second-order valence-corrected chi connectivity index (χ2v) is 6.77. The van der Waals surface area contributed by atoms with E-state index in [9.17, 15) is 0 Å². The van der Waals surface area contributed by atoms with Crippen LogP contribution in [0.5, 0.6) is 0 Å². The Kier molecular flexibility index (Phi) is 6.11. The van der Waals surface area contributed by atoms with Gasteiger partial charge in [0.1, 0.15) is 0 Å². The average Bonchev–Trinajstić information content (AvgIpc) is 2.87. The molecule has 2 atom stereocenters. The smallest absolute Gasteiger partial charge is 0.0235 e. The topological polar surface area (TPSA) is 18.5 Å². The summed E-state index contributed by atoms with van der Waals surface area (Å²) in [6, 6.07) is 1.47. The van der Waals surface area contributed by atoms with Crippen molar-refractivity contribution >= 4 is 0 Å². The maximum Gasteiger partial charge on any atom is 0.0235 e. The van der Waals surface area contributed by atoms with Crippen LogP contribution in [0.25, 0.3) is 0 Å². The molecule has 19 heavy (non-hydrogen) atoms. The summed E-state index contributed by atoms with van der Waals surface area (Å²) >= 11 is 0. The lowest BCUT2D eigenvalue weighted by Gasteiger charge is -2.39. The SMILES string of the molecule is CCNC(CC1CCCC1)CC1CN(C)CCN1C. The predicted molar refractivity (Wildman–Crippen MR) is 82.6 cm³/mol. The highest BCUT2D eigenvalue weighted by molar-refractivity contribution is 4.85. The quantitative estimate of drug-likeness (QED) is 0.796. The molecular formula is C16H33N3. The molecule has 1 saturated heterocycles. The van der Waals surface area contributed by atoms with Gasteiger partial charge < -0.3 is 15.1 Å². The molecule has 0 aromatic heterocycles. The Morgan fingerprint density at radius 2 is 1.84 bits per heavy atom. The molecular weight excluding hydrogens is 234 g/mol. The van der Waals surface area contributed by atoms with Crippen LogP contribution in [0.3, 0.4) is 0 Å². The maximum absolute atomic E-state index is 3.75. The summed E-state index contributed by atoms with van der Waals surface area (Å²) in [5, 5.41) is 3.75. The third-order valence-electron chi connectivity index (χ3n) is 5.12. The number of rotatable bonds is 6. The fraction of sp³-hybridized carbons (Fsp3) is 1.00. The molecule has 0 aromatic carbocycles. The normalized spacial score (nSPS) is 28.9. The Bertz CT molecular complexity index is 250. The van der Waals surface area contributed by atoms with E-state index in [-0.39, 0.29) is 0 Å². The third-order valence-corrected chi connectivity index (χ3v) is 5.12. The number of hydrogen-bond acceptors (Lipinski definition) is 3. The average molecular weight is 267 g/mol. The Morgan fingerprint density at radius 1 is 1.11 bits per heavy atom. The van der Waals surface area contributed by atoms with E-state index >= 15 is 0 Å². The number of likely N-dealkylation sites (N-methyl/N-ethyl adjacent to an activating group) is 2. The van der Waals surface area contributed by atoms with Gasteiger partial charge in [0.25, 0.3) is 0 Å². The summed E-state index contributed by atoms with van der Waals surface area (Å²) in [6.07, 6.45) is 8.61. The molecule has 1 heterocycles. The van der Waals surface area contributed by atoms with Gasteiger partial charge in [-0.2, -0.15) is 0 Å². The molecule has 1 saturated carbocycles. The zero-order chi connectivity index (χ0) is 13.7. The highest BCUT2D eigenvalue weighted by Crippen LogP contribution is 2.29. The summed E-state index contributed by atoms with van der Waals surface area (Å²) in [5.41, 5.74) is 0. The van der Waals surface area contributed by atoms with Crippen LogP contribution in [0.2, 0.25) is 0 Å². The van der Waals surface area contributed by atoms with Crippen LogP contribution in [0.1, 0.15) is 45.4 Å². The lowest BCUT2D eigenvalue weighted by atomic mass is 9.93. The van der Waals surface area contributed by atoms with Gasteiger partial charge in [0.2, 0.25) is 0 Å². The molecule has 0 spiro atoms. The summed E-state index contributed by atoms with van der Waals surface area (Å²) in [6.45, 7) is 7.05. The summed E-state index contributed by atoms with van der Waals surface area (Å²) < 4.78 is 0. The Hall–Kier alpha value is -0.120. The molecule has 1 aliphatic heterocycles. The minimum Gasteiger partial charge on any atom is -0.314 e. The monoisotopic (exact) mass is 267 g/mol. The standard InChI is InChI=1S/C16H33N3/c1-4-17-15(11-14-7-5-6-8-14)12-16-13-18(2)9-10-19(16)3/h14-17H,4-13H2,1-3H3. The number of nitrogens with one attached hydrogen (secondary N) is 1. The number of piperazine rings is 1. The summed E-state index contributed by atoms with van der Waals surface area (Å²) in [5.74, 6) is 0.996. The molecule has 3 heteroatoms.